The number of hydrogen-bond acceptors (Lipinski definition) is 4. The number of rotatable bonds is 6. The molecule has 0 spiro atoms. The van der Waals surface area contributed by atoms with Gasteiger partial charge in [0.2, 0.25) is 10.0 Å². The molecule has 1 aliphatic rings. The molecule has 0 N–H and O–H groups in total. The molecule has 1 fully saturated rings. The molecule has 0 aromatic heterocycles. The molecular weight excluding hydrogens is 240 g/mol. The fourth-order valence-electron chi connectivity index (χ4n) is 1.96. The van der Waals surface area contributed by atoms with Crippen molar-refractivity contribution in [3.63, 3.8) is 0 Å². The summed E-state index contributed by atoms with van der Waals surface area (Å²) in [4.78, 5) is 13.4. The number of ketones is 1. The van der Waals surface area contributed by atoms with Crippen molar-refractivity contribution in [1.29, 1.82) is 0 Å². The van der Waals surface area contributed by atoms with E-state index in [4.69, 9.17) is 0 Å². The number of nitrogens with zero attached hydrogens (tertiary/aromatic N) is 2. The van der Waals surface area contributed by atoms with Crippen LogP contribution in [0.3, 0.4) is 0 Å². The molecule has 0 aliphatic carbocycles. The van der Waals surface area contributed by atoms with E-state index in [9.17, 15) is 13.2 Å². The van der Waals surface area contributed by atoms with Crippen LogP contribution in [-0.4, -0.2) is 62.4 Å². The lowest BCUT2D eigenvalue weighted by atomic mass is 10.2. The molecular formula is C11H22N2O3S. The third-order valence-electron chi connectivity index (χ3n) is 3.12. The highest BCUT2D eigenvalue weighted by atomic mass is 32.2. The first kappa shape index (κ1) is 14.6. The summed E-state index contributed by atoms with van der Waals surface area (Å²) < 4.78 is 24.1. The van der Waals surface area contributed by atoms with Gasteiger partial charge in [0.15, 0.2) is 0 Å². The topological polar surface area (TPSA) is 57.7 Å². The van der Waals surface area contributed by atoms with Crippen molar-refractivity contribution in [2.45, 2.75) is 26.2 Å². The molecule has 0 radical (unpaired) electrons. The van der Waals surface area contributed by atoms with Gasteiger partial charge in [0.05, 0.1) is 6.26 Å². The van der Waals surface area contributed by atoms with Gasteiger partial charge in [-0.25, -0.2) is 8.42 Å². The van der Waals surface area contributed by atoms with Gasteiger partial charge in [0, 0.05) is 39.0 Å². The molecule has 1 aliphatic heterocycles. The van der Waals surface area contributed by atoms with E-state index >= 15 is 0 Å². The minimum absolute atomic E-state index is 0.305. The van der Waals surface area contributed by atoms with Crippen LogP contribution in [0, 0.1) is 0 Å². The molecule has 0 aromatic rings. The summed E-state index contributed by atoms with van der Waals surface area (Å²) in [6, 6.07) is 0. The summed E-state index contributed by atoms with van der Waals surface area (Å²) in [6.07, 6.45) is 3.39. The number of piperazine rings is 1. The third kappa shape index (κ3) is 5.14. The average Bonchev–Trinajstić information content (AvgIpc) is 2.28. The number of carbonyl (C=O) groups is 1. The Morgan fingerprint density at radius 3 is 2.24 bits per heavy atom. The molecule has 0 saturated carbocycles. The maximum absolute atomic E-state index is 11.3. The first-order valence-electron chi connectivity index (χ1n) is 6.12. The van der Waals surface area contributed by atoms with Crippen LogP contribution in [0.2, 0.25) is 0 Å². The molecule has 1 saturated heterocycles. The van der Waals surface area contributed by atoms with E-state index in [0.29, 0.717) is 31.7 Å². The lowest BCUT2D eigenvalue weighted by Gasteiger charge is -2.33. The van der Waals surface area contributed by atoms with Crippen LogP contribution in [-0.2, 0) is 14.8 Å². The van der Waals surface area contributed by atoms with E-state index in [0.717, 1.165) is 26.1 Å². The van der Waals surface area contributed by atoms with Crippen molar-refractivity contribution in [1.82, 2.24) is 9.21 Å². The van der Waals surface area contributed by atoms with Gasteiger partial charge in [-0.2, -0.15) is 4.31 Å². The minimum atomic E-state index is -3.03. The quantitative estimate of drug-likeness (QED) is 0.692. The molecule has 100 valence electrons. The second kappa shape index (κ2) is 6.47. The zero-order valence-electron chi connectivity index (χ0n) is 10.7. The van der Waals surface area contributed by atoms with Crippen LogP contribution >= 0.6 is 0 Å². The largest absolute Gasteiger partial charge is 0.301 e. The van der Waals surface area contributed by atoms with Gasteiger partial charge >= 0.3 is 0 Å². The van der Waals surface area contributed by atoms with Crippen molar-refractivity contribution in [2.75, 3.05) is 39.0 Å². The van der Waals surface area contributed by atoms with Crippen molar-refractivity contribution < 1.29 is 13.2 Å². The fourth-order valence-corrected chi connectivity index (χ4v) is 2.79. The van der Waals surface area contributed by atoms with E-state index in [1.807, 2.05) is 6.92 Å². The molecule has 0 aromatic carbocycles. The number of sulfonamides is 1. The molecule has 0 atom stereocenters. The third-order valence-corrected chi connectivity index (χ3v) is 4.43. The van der Waals surface area contributed by atoms with Gasteiger partial charge in [0.25, 0.3) is 0 Å². The molecule has 0 bridgehead atoms. The maximum atomic E-state index is 11.3. The minimum Gasteiger partial charge on any atom is -0.301 e. The van der Waals surface area contributed by atoms with E-state index in [1.165, 1.54) is 10.6 Å². The average molecular weight is 262 g/mol. The summed E-state index contributed by atoms with van der Waals surface area (Å²) in [7, 11) is -3.03. The van der Waals surface area contributed by atoms with Gasteiger partial charge in [-0.3, -0.25) is 4.79 Å². The van der Waals surface area contributed by atoms with Gasteiger partial charge in [-0.05, 0) is 13.0 Å². The summed E-state index contributed by atoms with van der Waals surface area (Å²) in [5, 5.41) is 0. The maximum Gasteiger partial charge on any atom is 0.211 e. The monoisotopic (exact) mass is 262 g/mol. The Hall–Kier alpha value is -0.460. The number of Topliss-reactive ketones (excluding diaryl/α,β-unsaturated/α-hetero) is 1. The second-order valence-electron chi connectivity index (χ2n) is 4.50. The van der Waals surface area contributed by atoms with E-state index in [-0.39, 0.29) is 0 Å². The summed E-state index contributed by atoms with van der Waals surface area (Å²) >= 11 is 0. The molecule has 5 nitrogen and oxygen atoms in total. The zero-order chi connectivity index (χ0) is 12.9. The summed E-state index contributed by atoms with van der Waals surface area (Å²) in [5.74, 6) is 0.305. The van der Waals surface area contributed by atoms with Crippen LogP contribution in [0.25, 0.3) is 0 Å². The Kier molecular flexibility index (Phi) is 5.55. The highest BCUT2D eigenvalue weighted by Crippen LogP contribution is 2.07. The first-order chi connectivity index (χ1) is 7.93. The number of carbonyl (C=O) groups excluding carboxylic acids is 1. The van der Waals surface area contributed by atoms with Gasteiger partial charge in [0.1, 0.15) is 5.78 Å². The van der Waals surface area contributed by atoms with Crippen molar-refractivity contribution in [3.05, 3.63) is 0 Å². The van der Waals surface area contributed by atoms with Crippen LogP contribution < -0.4 is 0 Å². The van der Waals surface area contributed by atoms with Gasteiger partial charge < -0.3 is 4.90 Å². The smallest absolute Gasteiger partial charge is 0.211 e. The molecule has 0 amide bonds. The van der Waals surface area contributed by atoms with Gasteiger partial charge in [-0.15, -0.1) is 0 Å². The lowest BCUT2D eigenvalue weighted by molar-refractivity contribution is -0.118. The van der Waals surface area contributed by atoms with Crippen LogP contribution in [0.1, 0.15) is 26.2 Å². The van der Waals surface area contributed by atoms with Crippen molar-refractivity contribution >= 4 is 15.8 Å². The van der Waals surface area contributed by atoms with E-state index in [2.05, 4.69) is 4.90 Å². The van der Waals surface area contributed by atoms with Crippen LogP contribution in [0.15, 0.2) is 0 Å². The lowest BCUT2D eigenvalue weighted by Crippen LogP contribution is -2.48. The Bertz CT molecular complexity index is 346. The van der Waals surface area contributed by atoms with Crippen molar-refractivity contribution in [3.8, 4) is 0 Å². The Labute approximate surface area is 104 Å². The van der Waals surface area contributed by atoms with E-state index < -0.39 is 10.0 Å². The Morgan fingerprint density at radius 1 is 1.18 bits per heavy atom. The molecule has 0 unspecified atom stereocenters. The normalized spacial score (nSPS) is 19.4. The predicted molar refractivity (Wildman–Crippen MR) is 67.4 cm³/mol. The molecule has 1 heterocycles. The highest BCUT2D eigenvalue weighted by molar-refractivity contribution is 7.88. The highest BCUT2D eigenvalue weighted by Gasteiger charge is 2.22. The summed E-state index contributed by atoms with van der Waals surface area (Å²) in [6.45, 7) is 5.46. The predicted octanol–water partition coefficient (Wildman–Crippen LogP) is 0.323. The Balaban J connectivity index is 2.22. The molecule has 17 heavy (non-hydrogen) atoms. The van der Waals surface area contributed by atoms with Crippen LogP contribution in [0.4, 0.5) is 0 Å². The second-order valence-corrected chi connectivity index (χ2v) is 6.48. The van der Waals surface area contributed by atoms with E-state index in [1.54, 1.807) is 0 Å². The standard InChI is InChI=1S/C11H22N2O3S/c1-3-11(14)5-4-6-12-7-9-13(10-8-12)17(2,15)16/h3-10H2,1-2H3. The first-order valence-corrected chi connectivity index (χ1v) is 7.97. The molecule has 1 rings (SSSR count). The summed E-state index contributed by atoms with van der Waals surface area (Å²) in [5.41, 5.74) is 0. The molecule has 6 heteroatoms. The zero-order valence-corrected chi connectivity index (χ0v) is 11.5. The number of hydrogen-bond donors (Lipinski definition) is 0. The van der Waals surface area contributed by atoms with Crippen LogP contribution in [0.5, 0.6) is 0 Å². The SMILES string of the molecule is CCC(=O)CCCN1CCN(S(C)(=O)=O)CC1. The van der Waals surface area contributed by atoms with Gasteiger partial charge in [-0.1, -0.05) is 6.92 Å². The van der Waals surface area contributed by atoms with Crippen molar-refractivity contribution in [2.24, 2.45) is 0 Å². The fraction of sp³-hybridized carbons (Fsp3) is 0.909. The Morgan fingerprint density at radius 2 is 1.76 bits per heavy atom.